The maximum Gasteiger partial charge on any atom is 0.243 e. The molecule has 0 radical (unpaired) electrons. The van der Waals surface area contributed by atoms with Gasteiger partial charge in [-0.15, -0.1) is 0 Å². The molecule has 2 fully saturated rings. The van der Waals surface area contributed by atoms with E-state index in [2.05, 4.69) is 5.32 Å². The lowest BCUT2D eigenvalue weighted by Crippen LogP contribution is -2.43. The maximum absolute atomic E-state index is 12.8. The van der Waals surface area contributed by atoms with Crippen molar-refractivity contribution in [1.82, 2.24) is 9.62 Å². The van der Waals surface area contributed by atoms with Crippen LogP contribution in [-0.4, -0.2) is 45.4 Å². The van der Waals surface area contributed by atoms with Crippen LogP contribution in [0, 0.1) is 5.41 Å². The first-order chi connectivity index (χ1) is 11.5. The van der Waals surface area contributed by atoms with Gasteiger partial charge in [0, 0.05) is 26.1 Å². The number of rotatable bonds is 3. The first-order valence-electron chi connectivity index (χ1n) is 8.36. The number of piperidine rings is 1. The van der Waals surface area contributed by atoms with E-state index in [1.807, 2.05) is 0 Å². The highest BCUT2D eigenvalue weighted by atomic mass is 32.2. The minimum atomic E-state index is -3.47. The average Bonchev–Trinajstić information content (AvgIpc) is 2.77. The van der Waals surface area contributed by atoms with E-state index in [1.165, 1.54) is 0 Å². The van der Waals surface area contributed by atoms with E-state index < -0.39 is 10.0 Å². The van der Waals surface area contributed by atoms with Crippen LogP contribution in [0.25, 0.3) is 0 Å². The number of nitrogens with zero attached hydrogens (tertiary/aromatic N) is 1. The van der Waals surface area contributed by atoms with Gasteiger partial charge in [-0.05, 0) is 55.4 Å². The number of nitrogens with one attached hydrogen (secondary N) is 1. The van der Waals surface area contributed by atoms with Crippen LogP contribution in [-0.2, 0) is 14.8 Å². The fourth-order valence-corrected chi connectivity index (χ4v) is 5.10. The molecule has 132 valence electrons. The van der Waals surface area contributed by atoms with E-state index in [1.54, 1.807) is 35.7 Å². The number of ether oxygens (including phenoxy) is 1. The van der Waals surface area contributed by atoms with E-state index in [9.17, 15) is 13.2 Å². The van der Waals surface area contributed by atoms with Crippen LogP contribution in [0.2, 0.25) is 0 Å². The van der Waals surface area contributed by atoms with Crippen molar-refractivity contribution in [2.24, 2.45) is 5.41 Å². The third-order valence-corrected chi connectivity index (χ3v) is 7.25. The number of benzene rings is 1. The number of amides is 1. The zero-order valence-electron chi connectivity index (χ0n) is 14.0. The fourth-order valence-electron chi connectivity index (χ4n) is 3.66. The van der Waals surface area contributed by atoms with E-state index in [4.69, 9.17) is 4.74 Å². The Kier molecular flexibility index (Phi) is 4.83. The summed E-state index contributed by atoms with van der Waals surface area (Å²) in [6, 6.07) is 6.52. The lowest BCUT2D eigenvalue weighted by molar-refractivity contribution is -0.120. The van der Waals surface area contributed by atoms with E-state index >= 15 is 0 Å². The molecule has 24 heavy (non-hydrogen) atoms. The number of sulfonamides is 1. The molecule has 0 aliphatic carbocycles. The summed E-state index contributed by atoms with van der Waals surface area (Å²) in [5.74, 6) is 0.752. The minimum absolute atomic E-state index is 0.102. The van der Waals surface area contributed by atoms with Gasteiger partial charge in [-0.1, -0.05) is 0 Å². The van der Waals surface area contributed by atoms with Crippen molar-refractivity contribution in [2.45, 2.75) is 37.0 Å². The standard InChI is InChI=1S/C17H24N2O4S/c1-23-14-2-4-15(5-3-14)24(21,22)19-12-9-17(10-13-19)7-6-16(20)18-11-8-17/h2-5H,6-13H2,1H3,(H,18,20). The average molecular weight is 352 g/mol. The largest absolute Gasteiger partial charge is 0.497 e. The maximum atomic E-state index is 12.8. The molecule has 2 aliphatic rings. The van der Waals surface area contributed by atoms with Gasteiger partial charge in [0.25, 0.3) is 0 Å². The summed E-state index contributed by atoms with van der Waals surface area (Å²) in [7, 11) is -1.91. The molecular weight excluding hydrogens is 328 g/mol. The zero-order valence-corrected chi connectivity index (χ0v) is 14.8. The molecule has 7 heteroatoms. The van der Waals surface area contributed by atoms with Crippen molar-refractivity contribution in [3.63, 3.8) is 0 Å². The smallest absolute Gasteiger partial charge is 0.243 e. The van der Waals surface area contributed by atoms with Crippen LogP contribution in [0.1, 0.15) is 32.1 Å². The number of carbonyl (C=O) groups is 1. The monoisotopic (exact) mass is 352 g/mol. The molecule has 1 spiro atoms. The quantitative estimate of drug-likeness (QED) is 0.899. The molecule has 1 aromatic rings. The Hall–Kier alpha value is -1.60. The van der Waals surface area contributed by atoms with Gasteiger partial charge in [0.2, 0.25) is 15.9 Å². The molecule has 2 saturated heterocycles. The molecule has 0 saturated carbocycles. The first-order valence-corrected chi connectivity index (χ1v) is 9.80. The van der Waals surface area contributed by atoms with Gasteiger partial charge in [-0.25, -0.2) is 8.42 Å². The molecule has 2 heterocycles. The lowest BCUT2D eigenvalue weighted by Gasteiger charge is -2.40. The van der Waals surface area contributed by atoms with Crippen LogP contribution >= 0.6 is 0 Å². The molecule has 0 bridgehead atoms. The molecular formula is C17H24N2O4S. The summed E-state index contributed by atoms with van der Waals surface area (Å²) in [6.07, 6.45) is 3.98. The third kappa shape index (κ3) is 3.42. The molecule has 1 N–H and O–H groups in total. The van der Waals surface area contributed by atoms with Gasteiger partial charge in [-0.3, -0.25) is 4.79 Å². The predicted molar refractivity (Wildman–Crippen MR) is 90.3 cm³/mol. The van der Waals surface area contributed by atoms with Gasteiger partial charge >= 0.3 is 0 Å². The van der Waals surface area contributed by atoms with E-state index in [-0.39, 0.29) is 11.3 Å². The number of hydrogen-bond donors (Lipinski definition) is 1. The lowest BCUT2D eigenvalue weighted by atomic mass is 9.73. The molecule has 0 aromatic heterocycles. The number of hydrogen-bond acceptors (Lipinski definition) is 4. The predicted octanol–water partition coefficient (Wildman–Crippen LogP) is 1.77. The van der Waals surface area contributed by atoms with Crippen molar-refractivity contribution in [3.05, 3.63) is 24.3 Å². The van der Waals surface area contributed by atoms with Gasteiger partial charge in [0.15, 0.2) is 0 Å². The summed E-state index contributed by atoms with van der Waals surface area (Å²) in [5, 5.41) is 2.91. The van der Waals surface area contributed by atoms with Gasteiger partial charge < -0.3 is 10.1 Å². The summed E-state index contributed by atoms with van der Waals surface area (Å²) in [6.45, 7) is 1.73. The van der Waals surface area contributed by atoms with Crippen LogP contribution < -0.4 is 10.1 Å². The second kappa shape index (κ2) is 6.72. The zero-order chi connectivity index (χ0) is 17.2. The Morgan fingerprint density at radius 1 is 1.08 bits per heavy atom. The Labute approximate surface area is 143 Å². The van der Waals surface area contributed by atoms with Crippen LogP contribution in [0.5, 0.6) is 5.75 Å². The summed E-state index contributed by atoms with van der Waals surface area (Å²) in [4.78, 5) is 11.8. The molecule has 0 unspecified atom stereocenters. The van der Waals surface area contributed by atoms with Gasteiger partial charge in [0.05, 0.1) is 12.0 Å². The van der Waals surface area contributed by atoms with Crippen molar-refractivity contribution in [1.29, 1.82) is 0 Å². The van der Waals surface area contributed by atoms with Crippen LogP contribution in [0.15, 0.2) is 29.2 Å². The normalized spacial score (nSPS) is 22.0. The first kappa shape index (κ1) is 17.2. The molecule has 1 amide bonds. The van der Waals surface area contributed by atoms with Crippen molar-refractivity contribution >= 4 is 15.9 Å². The third-order valence-electron chi connectivity index (χ3n) is 5.34. The molecule has 0 atom stereocenters. The highest BCUT2D eigenvalue weighted by Gasteiger charge is 2.39. The Bertz CT molecular complexity index is 692. The highest BCUT2D eigenvalue weighted by Crippen LogP contribution is 2.41. The van der Waals surface area contributed by atoms with Gasteiger partial charge in [0.1, 0.15) is 5.75 Å². The minimum Gasteiger partial charge on any atom is -0.497 e. The molecule has 1 aromatic carbocycles. The second-order valence-electron chi connectivity index (χ2n) is 6.68. The summed E-state index contributed by atoms with van der Waals surface area (Å²) >= 11 is 0. The molecule has 2 aliphatic heterocycles. The topological polar surface area (TPSA) is 75.7 Å². The Morgan fingerprint density at radius 3 is 2.38 bits per heavy atom. The SMILES string of the molecule is COc1ccc(S(=O)(=O)N2CCC3(CCNC(=O)CC3)CC2)cc1. The summed E-state index contributed by atoms with van der Waals surface area (Å²) in [5.41, 5.74) is 0.102. The number of carbonyl (C=O) groups excluding carboxylic acids is 1. The highest BCUT2D eigenvalue weighted by molar-refractivity contribution is 7.89. The van der Waals surface area contributed by atoms with Crippen molar-refractivity contribution in [3.8, 4) is 5.75 Å². The van der Waals surface area contributed by atoms with Crippen molar-refractivity contribution in [2.75, 3.05) is 26.7 Å². The summed E-state index contributed by atoms with van der Waals surface area (Å²) < 4.78 is 32.2. The van der Waals surface area contributed by atoms with Crippen LogP contribution in [0.3, 0.4) is 0 Å². The Balaban J connectivity index is 1.69. The Morgan fingerprint density at radius 2 is 1.75 bits per heavy atom. The molecule has 3 rings (SSSR count). The van der Waals surface area contributed by atoms with Crippen molar-refractivity contribution < 1.29 is 17.9 Å². The van der Waals surface area contributed by atoms with E-state index in [0.29, 0.717) is 36.7 Å². The van der Waals surface area contributed by atoms with E-state index in [0.717, 1.165) is 25.7 Å². The fraction of sp³-hybridized carbons (Fsp3) is 0.588. The second-order valence-corrected chi connectivity index (χ2v) is 8.62. The molecule has 6 nitrogen and oxygen atoms in total. The van der Waals surface area contributed by atoms with Crippen LogP contribution in [0.4, 0.5) is 0 Å². The number of methoxy groups -OCH3 is 1. The van der Waals surface area contributed by atoms with Gasteiger partial charge in [-0.2, -0.15) is 4.31 Å².